The molecule has 104 valence electrons. The fourth-order valence-electron chi connectivity index (χ4n) is 3.93. The Labute approximate surface area is 124 Å². The number of halogens is 1. The highest BCUT2D eigenvalue weighted by atomic mass is 35.5. The van der Waals surface area contributed by atoms with Gasteiger partial charge in [0.25, 0.3) is 0 Å². The van der Waals surface area contributed by atoms with Crippen molar-refractivity contribution < 1.29 is 0 Å². The molecule has 2 heterocycles. The van der Waals surface area contributed by atoms with Crippen LogP contribution >= 0.6 is 11.6 Å². The number of hydrogen-bond donors (Lipinski definition) is 0. The maximum absolute atomic E-state index is 6.13. The van der Waals surface area contributed by atoms with Crippen molar-refractivity contribution in [3.05, 3.63) is 35.9 Å². The highest BCUT2D eigenvalue weighted by Gasteiger charge is 2.36. The van der Waals surface area contributed by atoms with E-state index in [1.54, 1.807) is 0 Å². The zero-order valence-corrected chi connectivity index (χ0v) is 12.3. The topological polar surface area (TPSA) is 16.1 Å². The molecular weight excluding hydrogens is 268 g/mol. The third-order valence-corrected chi connectivity index (χ3v) is 5.27. The molecule has 2 aliphatic rings. The first-order valence-electron chi connectivity index (χ1n) is 7.55. The summed E-state index contributed by atoms with van der Waals surface area (Å²) < 4.78 is 0. The number of aromatic nitrogens is 1. The molecule has 4 rings (SSSR count). The fourth-order valence-corrected chi connectivity index (χ4v) is 4.15. The Morgan fingerprint density at radius 2 is 1.90 bits per heavy atom. The van der Waals surface area contributed by atoms with E-state index in [1.807, 2.05) is 0 Å². The predicted molar refractivity (Wildman–Crippen MR) is 84.3 cm³/mol. The third kappa shape index (κ3) is 1.98. The van der Waals surface area contributed by atoms with Gasteiger partial charge in [-0.1, -0.05) is 24.6 Å². The summed E-state index contributed by atoms with van der Waals surface area (Å²) in [5, 5.41) is 1.19. The van der Waals surface area contributed by atoms with Gasteiger partial charge in [0, 0.05) is 24.4 Å². The van der Waals surface area contributed by atoms with Crippen molar-refractivity contribution in [1.82, 2.24) is 4.98 Å². The van der Waals surface area contributed by atoms with Crippen LogP contribution in [-0.4, -0.2) is 18.1 Å². The van der Waals surface area contributed by atoms with E-state index in [9.17, 15) is 0 Å². The Morgan fingerprint density at radius 1 is 1.15 bits per heavy atom. The molecule has 1 aliphatic heterocycles. The molecule has 2 unspecified atom stereocenters. The molecule has 0 bridgehead atoms. The number of benzene rings is 1. The molecule has 1 aliphatic carbocycles. The summed E-state index contributed by atoms with van der Waals surface area (Å²) in [6.45, 7) is 2.36. The lowest BCUT2D eigenvalue weighted by atomic mass is 10.0. The zero-order valence-electron chi connectivity index (χ0n) is 11.6. The lowest BCUT2D eigenvalue weighted by Crippen LogP contribution is -2.22. The minimum Gasteiger partial charge on any atom is -0.356 e. The van der Waals surface area contributed by atoms with E-state index in [4.69, 9.17) is 16.6 Å². The molecule has 2 nitrogen and oxygen atoms in total. The van der Waals surface area contributed by atoms with E-state index in [-0.39, 0.29) is 0 Å². The molecule has 0 N–H and O–H groups in total. The molecule has 2 aromatic rings. The van der Waals surface area contributed by atoms with Gasteiger partial charge in [-0.05, 0) is 42.4 Å². The van der Waals surface area contributed by atoms with Crippen LogP contribution in [0.5, 0.6) is 0 Å². The van der Waals surface area contributed by atoms with Crippen molar-refractivity contribution >= 4 is 28.3 Å². The van der Waals surface area contributed by atoms with Gasteiger partial charge in [0.1, 0.15) is 5.82 Å². The quantitative estimate of drug-likeness (QED) is 0.769. The van der Waals surface area contributed by atoms with Gasteiger partial charge in [0.15, 0.2) is 0 Å². The Hall–Kier alpha value is -1.28. The molecule has 0 radical (unpaired) electrons. The summed E-state index contributed by atoms with van der Waals surface area (Å²) >= 11 is 6.13. The van der Waals surface area contributed by atoms with Crippen LogP contribution in [0.2, 0.25) is 0 Å². The first-order valence-corrected chi connectivity index (χ1v) is 8.08. The maximum Gasteiger partial charge on any atom is 0.129 e. The second kappa shape index (κ2) is 4.92. The molecule has 3 heteroatoms. The number of hydrogen-bond acceptors (Lipinski definition) is 2. The Kier molecular flexibility index (Phi) is 3.07. The van der Waals surface area contributed by atoms with Crippen LogP contribution in [0.3, 0.4) is 0 Å². The van der Waals surface area contributed by atoms with E-state index in [0.717, 1.165) is 23.2 Å². The van der Waals surface area contributed by atoms with Gasteiger partial charge in [-0.3, -0.25) is 0 Å². The molecule has 2 fully saturated rings. The average molecular weight is 287 g/mol. The minimum absolute atomic E-state index is 0.552. The average Bonchev–Trinajstić information content (AvgIpc) is 3.07. The number of para-hydroxylation sites is 1. The minimum atomic E-state index is 0.552. The van der Waals surface area contributed by atoms with Gasteiger partial charge < -0.3 is 4.90 Å². The second-order valence-electron chi connectivity index (χ2n) is 6.15. The summed E-state index contributed by atoms with van der Waals surface area (Å²) in [6.07, 6.45) is 4.22. The summed E-state index contributed by atoms with van der Waals surface area (Å²) in [7, 11) is 0. The van der Waals surface area contributed by atoms with E-state index < -0.39 is 0 Å². The smallest absolute Gasteiger partial charge is 0.129 e. The molecule has 1 aromatic heterocycles. The van der Waals surface area contributed by atoms with Crippen molar-refractivity contribution in [2.24, 2.45) is 11.8 Å². The Morgan fingerprint density at radius 3 is 2.65 bits per heavy atom. The van der Waals surface area contributed by atoms with Gasteiger partial charge in [-0.15, -0.1) is 11.6 Å². The van der Waals surface area contributed by atoms with E-state index in [1.165, 1.54) is 43.3 Å². The van der Waals surface area contributed by atoms with Crippen molar-refractivity contribution in [3.8, 4) is 0 Å². The number of rotatable bonds is 2. The summed E-state index contributed by atoms with van der Waals surface area (Å²) in [5.74, 6) is 3.45. The number of alkyl halides is 1. The van der Waals surface area contributed by atoms with Crippen LogP contribution in [0.4, 0.5) is 5.82 Å². The zero-order chi connectivity index (χ0) is 13.5. The first kappa shape index (κ1) is 12.5. The van der Waals surface area contributed by atoms with Gasteiger partial charge in [0.05, 0.1) is 5.52 Å². The largest absolute Gasteiger partial charge is 0.356 e. The van der Waals surface area contributed by atoms with Crippen molar-refractivity contribution in [3.63, 3.8) is 0 Å². The van der Waals surface area contributed by atoms with E-state index in [2.05, 4.69) is 35.2 Å². The van der Waals surface area contributed by atoms with Crippen LogP contribution in [0, 0.1) is 11.8 Å². The van der Waals surface area contributed by atoms with Crippen LogP contribution in [0.15, 0.2) is 30.3 Å². The molecular formula is C17H19ClN2. The van der Waals surface area contributed by atoms with Crippen molar-refractivity contribution in [2.45, 2.75) is 25.1 Å². The standard InChI is InChI=1S/C17H19ClN2/c18-9-14-8-17(19-16-7-2-1-6-15(14)16)20-10-12-4-3-5-13(12)11-20/h1-2,6-8,12-13H,3-5,9-11H2. The van der Waals surface area contributed by atoms with Crippen molar-refractivity contribution in [1.29, 1.82) is 0 Å². The molecule has 20 heavy (non-hydrogen) atoms. The molecule has 2 atom stereocenters. The van der Waals surface area contributed by atoms with Gasteiger partial charge >= 0.3 is 0 Å². The van der Waals surface area contributed by atoms with Crippen molar-refractivity contribution in [2.75, 3.05) is 18.0 Å². The van der Waals surface area contributed by atoms with Crippen LogP contribution in [0.1, 0.15) is 24.8 Å². The Balaban J connectivity index is 1.73. The van der Waals surface area contributed by atoms with Crippen LogP contribution in [-0.2, 0) is 5.88 Å². The highest BCUT2D eigenvalue weighted by molar-refractivity contribution is 6.18. The van der Waals surface area contributed by atoms with Gasteiger partial charge in [0.2, 0.25) is 0 Å². The van der Waals surface area contributed by atoms with Gasteiger partial charge in [-0.25, -0.2) is 4.98 Å². The number of fused-ring (bicyclic) bond motifs is 2. The van der Waals surface area contributed by atoms with E-state index in [0.29, 0.717) is 5.88 Å². The van der Waals surface area contributed by atoms with Crippen LogP contribution in [0.25, 0.3) is 10.9 Å². The first-order chi connectivity index (χ1) is 9.85. The second-order valence-corrected chi connectivity index (χ2v) is 6.41. The number of pyridine rings is 1. The predicted octanol–water partition coefficient (Wildman–Crippen LogP) is 4.21. The molecule has 1 aromatic carbocycles. The van der Waals surface area contributed by atoms with Crippen LogP contribution < -0.4 is 4.90 Å². The van der Waals surface area contributed by atoms with Gasteiger partial charge in [-0.2, -0.15) is 0 Å². The number of anilines is 1. The molecule has 1 saturated heterocycles. The molecule has 0 amide bonds. The lowest BCUT2D eigenvalue weighted by Gasteiger charge is -2.20. The lowest BCUT2D eigenvalue weighted by molar-refractivity contribution is 0.494. The third-order valence-electron chi connectivity index (χ3n) is 4.98. The fraction of sp³-hybridized carbons (Fsp3) is 0.471. The Bertz CT molecular complexity index is 628. The summed E-state index contributed by atoms with van der Waals surface area (Å²) in [4.78, 5) is 7.33. The highest BCUT2D eigenvalue weighted by Crippen LogP contribution is 2.39. The van der Waals surface area contributed by atoms with E-state index >= 15 is 0 Å². The maximum atomic E-state index is 6.13. The monoisotopic (exact) mass is 286 g/mol. The molecule has 1 saturated carbocycles. The summed E-state index contributed by atoms with van der Waals surface area (Å²) in [5.41, 5.74) is 2.27. The SMILES string of the molecule is ClCc1cc(N2CC3CCCC3C2)nc2ccccc12. The number of nitrogens with zero attached hydrogens (tertiary/aromatic N) is 2. The summed E-state index contributed by atoms with van der Waals surface area (Å²) in [6, 6.07) is 10.5. The molecule has 0 spiro atoms. The normalized spacial score (nSPS) is 25.4.